The Balaban J connectivity index is 2.19. The third kappa shape index (κ3) is 4.21. The molecule has 0 aliphatic heterocycles. The van der Waals surface area contributed by atoms with E-state index in [1.807, 2.05) is 0 Å². The lowest BCUT2D eigenvalue weighted by atomic mass is 10.2. The third-order valence-corrected chi connectivity index (χ3v) is 3.17. The van der Waals surface area contributed by atoms with E-state index in [2.05, 4.69) is 22.2 Å². The zero-order valence-electron chi connectivity index (χ0n) is 11.1. The molecule has 0 fully saturated rings. The molecule has 1 heterocycles. The molecule has 1 amide bonds. The molecule has 0 unspecified atom stereocenters. The average molecular weight is 322 g/mol. The molecule has 1 aromatic heterocycles. The Labute approximate surface area is 132 Å². The number of carbonyl (C=O) groups is 1. The molecule has 0 spiro atoms. The molecule has 21 heavy (non-hydrogen) atoms. The van der Waals surface area contributed by atoms with Crippen LogP contribution < -0.4 is 10.6 Å². The number of nitrogens with zero attached hydrogens (tertiary/aromatic N) is 1. The molecule has 0 atom stereocenters. The van der Waals surface area contributed by atoms with Crippen LogP contribution in [0.4, 0.5) is 11.4 Å². The van der Waals surface area contributed by atoms with Crippen molar-refractivity contribution in [1.82, 2.24) is 10.3 Å². The van der Waals surface area contributed by atoms with Crippen molar-refractivity contribution in [3.63, 3.8) is 0 Å². The molecule has 2 N–H and O–H groups in total. The van der Waals surface area contributed by atoms with Gasteiger partial charge in [-0.1, -0.05) is 29.3 Å². The first-order chi connectivity index (χ1) is 10.1. The minimum atomic E-state index is -0.268. The fourth-order valence-corrected chi connectivity index (χ4v) is 1.97. The first-order valence-electron chi connectivity index (χ1n) is 6.17. The summed E-state index contributed by atoms with van der Waals surface area (Å²) < 4.78 is 0. The maximum Gasteiger partial charge on any atom is 0.270 e. The standard InChI is InChI=1S/C15H13Cl2N3O/c1-2-6-19-15(21)14-9-11(5-7-18-14)20-13-8-10(16)3-4-12(13)17/h2-5,7-9H,1,6H2,(H,18,20)(H,19,21). The highest BCUT2D eigenvalue weighted by Gasteiger charge is 2.08. The van der Waals surface area contributed by atoms with Crippen LogP contribution in [0.1, 0.15) is 10.5 Å². The second-order valence-electron chi connectivity index (χ2n) is 4.18. The van der Waals surface area contributed by atoms with E-state index in [0.29, 0.717) is 33.7 Å². The number of hydrogen-bond acceptors (Lipinski definition) is 3. The van der Waals surface area contributed by atoms with E-state index in [9.17, 15) is 4.79 Å². The number of pyridine rings is 1. The van der Waals surface area contributed by atoms with Crippen LogP contribution in [-0.2, 0) is 0 Å². The zero-order chi connectivity index (χ0) is 15.2. The van der Waals surface area contributed by atoms with Crippen LogP contribution in [0.25, 0.3) is 0 Å². The number of amides is 1. The monoisotopic (exact) mass is 321 g/mol. The van der Waals surface area contributed by atoms with Gasteiger partial charge in [0.1, 0.15) is 5.69 Å². The summed E-state index contributed by atoms with van der Waals surface area (Å²) in [6, 6.07) is 8.49. The van der Waals surface area contributed by atoms with Gasteiger partial charge in [-0.3, -0.25) is 9.78 Å². The minimum absolute atomic E-state index is 0.268. The molecular weight excluding hydrogens is 309 g/mol. The molecule has 0 saturated heterocycles. The van der Waals surface area contributed by atoms with Gasteiger partial charge in [0.05, 0.1) is 10.7 Å². The number of nitrogens with one attached hydrogen (secondary N) is 2. The Kier molecular flexibility index (Phi) is 5.20. The molecule has 0 saturated carbocycles. The molecule has 2 aromatic rings. The summed E-state index contributed by atoms with van der Waals surface area (Å²) in [6.45, 7) is 3.93. The highest BCUT2D eigenvalue weighted by molar-refractivity contribution is 6.35. The van der Waals surface area contributed by atoms with Crippen LogP contribution in [0.3, 0.4) is 0 Å². The van der Waals surface area contributed by atoms with Crippen molar-refractivity contribution in [1.29, 1.82) is 0 Å². The lowest BCUT2D eigenvalue weighted by Gasteiger charge is -2.10. The van der Waals surface area contributed by atoms with Crippen molar-refractivity contribution in [2.24, 2.45) is 0 Å². The number of carbonyl (C=O) groups excluding carboxylic acids is 1. The number of aromatic nitrogens is 1. The fraction of sp³-hybridized carbons (Fsp3) is 0.0667. The summed E-state index contributed by atoms with van der Waals surface area (Å²) in [4.78, 5) is 15.9. The summed E-state index contributed by atoms with van der Waals surface area (Å²) in [5, 5.41) is 6.88. The van der Waals surface area contributed by atoms with E-state index in [1.165, 1.54) is 0 Å². The van der Waals surface area contributed by atoms with E-state index in [4.69, 9.17) is 23.2 Å². The van der Waals surface area contributed by atoms with Crippen LogP contribution in [0.15, 0.2) is 49.2 Å². The van der Waals surface area contributed by atoms with E-state index in [-0.39, 0.29) is 5.91 Å². The van der Waals surface area contributed by atoms with Gasteiger partial charge in [-0.05, 0) is 30.3 Å². The predicted molar refractivity (Wildman–Crippen MR) is 86.5 cm³/mol. The Bertz CT molecular complexity index is 674. The Morgan fingerprint density at radius 2 is 2.10 bits per heavy atom. The van der Waals surface area contributed by atoms with E-state index in [1.54, 1.807) is 42.6 Å². The molecule has 0 aliphatic carbocycles. The van der Waals surface area contributed by atoms with Crippen LogP contribution in [0, 0.1) is 0 Å². The van der Waals surface area contributed by atoms with Crippen LogP contribution >= 0.6 is 23.2 Å². The fourth-order valence-electron chi connectivity index (χ4n) is 1.64. The molecule has 108 valence electrons. The molecular formula is C15H13Cl2N3O. The number of hydrogen-bond donors (Lipinski definition) is 2. The Morgan fingerprint density at radius 3 is 2.86 bits per heavy atom. The largest absolute Gasteiger partial charge is 0.354 e. The van der Waals surface area contributed by atoms with Crippen molar-refractivity contribution in [2.45, 2.75) is 0 Å². The first-order valence-corrected chi connectivity index (χ1v) is 6.93. The summed E-state index contributed by atoms with van der Waals surface area (Å²) in [5.41, 5.74) is 1.66. The average Bonchev–Trinajstić information content (AvgIpc) is 2.49. The van der Waals surface area contributed by atoms with Crippen molar-refractivity contribution >= 4 is 40.5 Å². The smallest absolute Gasteiger partial charge is 0.270 e. The van der Waals surface area contributed by atoms with Crippen molar-refractivity contribution in [3.05, 3.63) is 64.9 Å². The molecule has 6 heteroatoms. The normalized spacial score (nSPS) is 10.0. The minimum Gasteiger partial charge on any atom is -0.354 e. The van der Waals surface area contributed by atoms with E-state index >= 15 is 0 Å². The molecule has 0 bridgehead atoms. The summed E-state index contributed by atoms with van der Waals surface area (Å²) in [5.74, 6) is -0.268. The maximum atomic E-state index is 11.8. The van der Waals surface area contributed by atoms with Gasteiger partial charge < -0.3 is 10.6 Å². The topological polar surface area (TPSA) is 54.0 Å². The second-order valence-corrected chi connectivity index (χ2v) is 5.02. The lowest BCUT2D eigenvalue weighted by molar-refractivity contribution is 0.0953. The highest BCUT2D eigenvalue weighted by Crippen LogP contribution is 2.28. The van der Waals surface area contributed by atoms with Gasteiger partial charge >= 0.3 is 0 Å². The predicted octanol–water partition coefficient (Wildman–Crippen LogP) is 4.05. The van der Waals surface area contributed by atoms with Gasteiger partial charge in [0.2, 0.25) is 0 Å². The SMILES string of the molecule is C=CCNC(=O)c1cc(Nc2cc(Cl)ccc2Cl)ccn1. The number of benzene rings is 1. The number of rotatable bonds is 5. The van der Waals surface area contributed by atoms with Gasteiger partial charge in [-0.15, -0.1) is 6.58 Å². The molecule has 2 rings (SSSR count). The quantitative estimate of drug-likeness (QED) is 0.817. The van der Waals surface area contributed by atoms with Crippen LogP contribution in [0.5, 0.6) is 0 Å². The summed E-state index contributed by atoms with van der Waals surface area (Å²) >= 11 is 12.0. The van der Waals surface area contributed by atoms with Crippen molar-refractivity contribution < 1.29 is 4.79 Å². The highest BCUT2D eigenvalue weighted by atomic mass is 35.5. The van der Waals surface area contributed by atoms with Gasteiger partial charge in [0.25, 0.3) is 5.91 Å². The van der Waals surface area contributed by atoms with E-state index < -0.39 is 0 Å². The number of anilines is 2. The summed E-state index contributed by atoms with van der Waals surface area (Å²) in [6.07, 6.45) is 3.15. The first kappa shape index (κ1) is 15.4. The van der Waals surface area contributed by atoms with Gasteiger partial charge in [-0.2, -0.15) is 0 Å². The van der Waals surface area contributed by atoms with Gasteiger partial charge in [0, 0.05) is 23.5 Å². The molecule has 4 nitrogen and oxygen atoms in total. The molecule has 1 aromatic carbocycles. The second kappa shape index (κ2) is 7.11. The van der Waals surface area contributed by atoms with Crippen molar-refractivity contribution in [3.8, 4) is 0 Å². The maximum absolute atomic E-state index is 11.8. The Morgan fingerprint density at radius 1 is 1.29 bits per heavy atom. The molecule has 0 radical (unpaired) electrons. The number of halogens is 2. The summed E-state index contributed by atoms with van der Waals surface area (Å²) in [7, 11) is 0. The van der Waals surface area contributed by atoms with E-state index in [0.717, 1.165) is 0 Å². The van der Waals surface area contributed by atoms with Crippen molar-refractivity contribution in [2.75, 3.05) is 11.9 Å². The lowest BCUT2D eigenvalue weighted by Crippen LogP contribution is -2.24. The van der Waals surface area contributed by atoms with Crippen LogP contribution in [0.2, 0.25) is 10.0 Å². The zero-order valence-corrected chi connectivity index (χ0v) is 12.6. The van der Waals surface area contributed by atoms with Gasteiger partial charge in [0.15, 0.2) is 0 Å². The van der Waals surface area contributed by atoms with Crippen LogP contribution in [-0.4, -0.2) is 17.4 Å². The molecule has 0 aliphatic rings. The third-order valence-electron chi connectivity index (χ3n) is 2.61. The Hall–Kier alpha value is -2.04. The van der Waals surface area contributed by atoms with Gasteiger partial charge in [-0.25, -0.2) is 0 Å².